The summed E-state index contributed by atoms with van der Waals surface area (Å²) in [5, 5.41) is 10.9. The minimum absolute atomic E-state index is 0.109. The fraction of sp³-hybridized carbons (Fsp3) is 0.750. The lowest BCUT2D eigenvalue weighted by Gasteiger charge is -2.45. The van der Waals surface area contributed by atoms with Gasteiger partial charge in [-0.2, -0.15) is 0 Å². The average Bonchev–Trinajstić information content (AvgIpc) is 2.89. The van der Waals surface area contributed by atoms with E-state index in [1.54, 1.807) is 0 Å². The van der Waals surface area contributed by atoms with Crippen LogP contribution in [0.25, 0.3) is 0 Å². The van der Waals surface area contributed by atoms with E-state index in [4.69, 9.17) is 0 Å². The normalized spacial score (nSPS) is 18.0. The van der Waals surface area contributed by atoms with E-state index in [1.165, 1.54) is 119 Å². The quantitative estimate of drug-likeness (QED) is 0.166. The smallest absolute Gasteiger partial charge is 0.119 e. The van der Waals surface area contributed by atoms with Gasteiger partial charge < -0.3 is 5.11 Å². The molecule has 0 radical (unpaired) electrons. The van der Waals surface area contributed by atoms with Crippen LogP contribution in [-0.2, 0) is 12.8 Å². The van der Waals surface area contributed by atoms with E-state index in [9.17, 15) is 5.11 Å². The standard InChI is InChI=1S/C40H68O/c1-9-10-11-12-13-14-15-16-17-18-19-20-21-22-23-24-26-34-27-25-28-37(41)36(34)30-33-29-35(38(2,3)4)32-40(8,31-33)39(5,6)7/h25,27-29,31,41H,9-24,26,30,32H2,1-8H3. The Labute approximate surface area is 256 Å². The molecule has 0 amide bonds. The van der Waals surface area contributed by atoms with Crippen molar-refractivity contribution in [1.29, 1.82) is 0 Å². The third-order valence-corrected chi connectivity index (χ3v) is 10.0. The van der Waals surface area contributed by atoms with E-state index in [-0.39, 0.29) is 16.2 Å². The first-order valence-corrected chi connectivity index (χ1v) is 17.6. The summed E-state index contributed by atoms with van der Waals surface area (Å²) >= 11 is 0. The molecule has 1 N–H and O–H groups in total. The van der Waals surface area contributed by atoms with Crippen molar-refractivity contribution in [2.45, 2.75) is 177 Å². The molecule has 0 aliphatic heterocycles. The molecule has 0 saturated heterocycles. The first-order chi connectivity index (χ1) is 19.4. The van der Waals surface area contributed by atoms with Crippen LogP contribution >= 0.6 is 0 Å². The number of rotatable bonds is 19. The number of aryl methyl sites for hydroxylation is 1. The summed E-state index contributed by atoms with van der Waals surface area (Å²) in [6.07, 6.45) is 30.4. The van der Waals surface area contributed by atoms with Crippen LogP contribution in [0.4, 0.5) is 0 Å². The molecule has 0 spiro atoms. The van der Waals surface area contributed by atoms with Crippen molar-refractivity contribution in [3.05, 3.63) is 52.6 Å². The van der Waals surface area contributed by atoms with Gasteiger partial charge in [0.05, 0.1) is 0 Å². The maximum Gasteiger partial charge on any atom is 0.119 e. The highest BCUT2D eigenvalue weighted by atomic mass is 16.3. The van der Waals surface area contributed by atoms with Crippen LogP contribution in [0.3, 0.4) is 0 Å². The zero-order valence-corrected chi connectivity index (χ0v) is 28.8. The summed E-state index contributed by atoms with van der Waals surface area (Å²) < 4.78 is 0. The highest BCUT2D eigenvalue weighted by Gasteiger charge is 2.40. The summed E-state index contributed by atoms with van der Waals surface area (Å²) in [5.74, 6) is 0.466. The minimum atomic E-state index is 0.109. The van der Waals surface area contributed by atoms with Gasteiger partial charge in [0.2, 0.25) is 0 Å². The predicted octanol–water partition coefficient (Wildman–Crippen LogP) is 13.1. The van der Waals surface area contributed by atoms with Gasteiger partial charge in [-0.25, -0.2) is 0 Å². The van der Waals surface area contributed by atoms with Gasteiger partial charge in [0.25, 0.3) is 0 Å². The van der Waals surface area contributed by atoms with Crippen LogP contribution in [-0.4, -0.2) is 5.11 Å². The van der Waals surface area contributed by atoms with Gasteiger partial charge >= 0.3 is 0 Å². The summed E-state index contributed by atoms with van der Waals surface area (Å²) in [7, 11) is 0. The Morgan fingerprint density at radius 3 is 1.66 bits per heavy atom. The number of phenols is 1. The molecule has 234 valence electrons. The zero-order chi connectivity index (χ0) is 30.4. The highest BCUT2D eigenvalue weighted by Crippen LogP contribution is 2.51. The maximum atomic E-state index is 10.9. The van der Waals surface area contributed by atoms with Crippen LogP contribution in [0.15, 0.2) is 41.5 Å². The lowest BCUT2D eigenvalue weighted by Crippen LogP contribution is -2.35. The molecule has 1 aliphatic carbocycles. The molecule has 1 atom stereocenters. The summed E-state index contributed by atoms with van der Waals surface area (Å²) in [5.41, 5.74) is 5.82. The van der Waals surface area contributed by atoms with Gasteiger partial charge in [0, 0.05) is 12.0 Å². The van der Waals surface area contributed by atoms with Crippen molar-refractivity contribution in [1.82, 2.24) is 0 Å². The third kappa shape index (κ3) is 12.7. The monoisotopic (exact) mass is 565 g/mol. The van der Waals surface area contributed by atoms with Gasteiger partial charge in [-0.05, 0) is 52.7 Å². The Bertz CT molecular complexity index is 935. The molecule has 1 aliphatic rings. The number of phenolic OH excluding ortho intramolecular Hbond substituents is 1. The van der Waals surface area contributed by atoms with Crippen molar-refractivity contribution < 1.29 is 5.11 Å². The number of benzene rings is 1. The van der Waals surface area contributed by atoms with E-state index < -0.39 is 0 Å². The van der Waals surface area contributed by atoms with Crippen molar-refractivity contribution in [3.8, 4) is 5.75 Å². The molecule has 41 heavy (non-hydrogen) atoms. The van der Waals surface area contributed by atoms with Crippen LogP contribution in [0, 0.1) is 16.2 Å². The van der Waals surface area contributed by atoms with Crippen molar-refractivity contribution in [2.24, 2.45) is 16.2 Å². The Balaban J connectivity index is 1.77. The summed E-state index contributed by atoms with van der Waals surface area (Å²) in [4.78, 5) is 0. The van der Waals surface area contributed by atoms with Gasteiger partial charge in [0.15, 0.2) is 0 Å². The van der Waals surface area contributed by atoms with Gasteiger partial charge in [0.1, 0.15) is 5.75 Å². The van der Waals surface area contributed by atoms with E-state index in [1.807, 2.05) is 12.1 Å². The predicted molar refractivity (Wildman–Crippen MR) is 183 cm³/mol. The average molecular weight is 565 g/mol. The van der Waals surface area contributed by atoms with Crippen molar-refractivity contribution in [2.75, 3.05) is 0 Å². The fourth-order valence-electron chi connectivity index (χ4n) is 6.36. The molecule has 0 fully saturated rings. The number of aromatic hydroxyl groups is 1. The first kappa shape index (κ1) is 35.7. The molecule has 0 bridgehead atoms. The molecule has 1 nitrogen and oxygen atoms in total. The molecule has 1 heteroatoms. The van der Waals surface area contributed by atoms with Gasteiger partial charge in [-0.15, -0.1) is 0 Å². The molecular weight excluding hydrogens is 496 g/mol. The van der Waals surface area contributed by atoms with E-state index >= 15 is 0 Å². The number of unbranched alkanes of at least 4 members (excludes halogenated alkanes) is 15. The molecule has 1 aromatic rings. The maximum absolute atomic E-state index is 10.9. The summed E-state index contributed by atoms with van der Waals surface area (Å²) in [6.45, 7) is 18.9. The SMILES string of the molecule is CCCCCCCCCCCCCCCCCCc1cccc(O)c1CC1=CC(C)(C(C)(C)C)CC(C(C)(C)C)=C1. The lowest BCUT2D eigenvalue weighted by molar-refractivity contribution is 0.156. The second-order valence-corrected chi connectivity index (χ2v) is 15.6. The zero-order valence-electron chi connectivity index (χ0n) is 28.8. The second kappa shape index (κ2) is 17.6. The van der Waals surface area contributed by atoms with Crippen LogP contribution in [0.5, 0.6) is 5.75 Å². The Hall–Kier alpha value is -1.50. The van der Waals surface area contributed by atoms with Gasteiger partial charge in [-0.3, -0.25) is 0 Å². The number of hydrogen-bond acceptors (Lipinski definition) is 1. The summed E-state index contributed by atoms with van der Waals surface area (Å²) in [6, 6.07) is 6.17. The van der Waals surface area contributed by atoms with Gasteiger partial charge in [-0.1, -0.05) is 182 Å². The van der Waals surface area contributed by atoms with E-state index in [0.717, 1.165) is 24.8 Å². The first-order valence-electron chi connectivity index (χ1n) is 17.6. The molecule has 2 rings (SSSR count). The molecule has 0 aromatic heterocycles. The van der Waals surface area contributed by atoms with E-state index in [0.29, 0.717) is 5.75 Å². The highest BCUT2D eigenvalue weighted by molar-refractivity contribution is 5.46. The van der Waals surface area contributed by atoms with Crippen molar-refractivity contribution >= 4 is 0 Å². The Morgan fingerprint density at radius 1 is 0.707 bits per heavy atom. The largest absolute Gasteiger partial charge is 0.508 e. The van der Waals surface area contributed by atoms with Crippen LogP contribution in [0.1, 0.15) is 176 Å². The number of allylic oxidation sites excluding steroid dienone is 4. The lowest BCUT2D eigenvalue weighted by atomic mass is 9.59. The van der Waals surface area contributed by atoms with Crippen LogP contribution < -0.4 is 0 Å². The van der Waals surface area contributed by atoms with Crippen LogP contribution in [0.2, 0.25) is 0 Å². The second-order valence-electron chi connectivity index (χ2n) is 15.6. The Kier molecular flexibility index (Phi) is 15.3. The minimum Gasteiger partial charge on any atom is -0.508 e. The molecule has 0 saturated carbocycles. The molecular formula is C40H68O. The fourth-order valence-corrected chi connectivity index (χ4v) is 6.36. The molecule has 1 unspecified atom stereocenters. The Morgan fingerprint density at radius 2 is 1.20 bits per heavy atom. The van der Waals surface area contributed by atoms with E-state index in [2.05, 4.69) is 73.6 Å². The number of hydrogen-bond donors (Lipinski definition) is 1. The molecule has 0 heterocycles. The molecule has 1 aromatic carbocycles. The third-order valence-electron chi connectivity index (χ3n) is 10.0. The topological polar surface area (TPSA) is 20.2 Å². The van der Waals surface area contributed by atoms with Crippen molar-refractivity contribution in [3.63, 3.8) is 0 Å².